The average Bonchev–Trinajstić information content (AvgIpc) is 3.09. The number of hydrogen-bond donors (Lipinski definition) is 0. The minimum atomic E-state index is -0.272. The van der Waals surface area contributed by atoms with Crippen LogP contribution < -0.4 is 4.90 Å². The van der Waals surface area contributed by atoms with E-state index in [1.54, 1.807) is 48.8 Å². The molecule has 0 N–H and O–H groups in total. The fourth-order valence-corrected chi connectivity index (χ4v) is 3.37. The Bertz CT molecular complexity index is 904. The zero-order valence-electron chi connectivity index (χ0n) is 16.4. The second-order valence-electron chi connectivity index (χ2n) is 7.35. The number of nitrogens with zero attached hydrogens (tertiary/aromatic N) is 4. The molecule has 0 saturated carbocycles. The van der Waals surface area contributed by atoms with E-state index in [9.17, 15) is 14.4 Å². The lowest BCUT2D eigenvalue weighted by molar-refractivity contribution is -0.132. The van der Waals surface area contributed by atoms with E-state index < -0.39 is 0 Å². The van der Waals surface area contributed by atoms with Gasteiger partial charge in [-0.1, -0.05) is 31.5 Å². The van der Waals surface area contributed by atoms with Crippen molar-refractivity contribution in [1.82, 2.24) is 14.8 Å². The van der Waals surface area contributed by atoms with Crippen LogP contribution in [0.25, 0.3) is 0 Å². The van der Waals surface area contributed by atoms with Gasteiger partial charge < -0.3 is 9.80 Å². The summed E-state index contributed by atoms with van der Waals surface area (Å²) in [7, 11) is 0. The molecular formula is C21H23ClN4O3. The monoisotopic (exact) mass is 414 g/mol. The Morgan fingerprint density at radius 3 is 2.59 bits per heavy atom. The minimum Gasteiger partial charge on any atom is -0.329 e. The van der Waals surface area contributed by atoms with E-state index >= 15 is 0 Å². The Morgan fingerprint density at radius 2 is 1.93 bits per heavy atom. The summed E-state index contributed by atoms with van der Waals surface area (Å²) in [5.41, 5.74) is 1.12. The molecule has 1 aromatic heterocycles. The van der Waals surface area contributed by atoms with Crippen molar-refractivity contribution >= 4 is 35.0 Å². The van der Waals surface area contributed by atoms with E-state index in [4.69, 9.17) is 11.6 Å². The highest BCUT2D eigenvalue weighted by atomic mass is 35.5. The molecule has 152 valence electrons. The van der Waals surface area contributed by atoms with Crippen LogP contribution in [0.15, 0.2) is 48.8 Å². The summed E-state index contributed by atoms with van der Waals surface area (Å²) in [6.45, 7) is 4.43. The Kier molecular flexibility index (Phi) is 6.49. The maximum Gasteiger partial charge on any atom is 0.254 e. The normalized spacial score (nSPS) is 13.9. The highest BCUT2D eigenvalue weighted by Gasteiger charge is 2.33. The first kappa shape index (κ1) is 20.8. The molecule has 1 aliphatic rings. The van der Waals surface area contributed by atoms with Crippen molar-refractivity contribution in [2.75, 3.05) is 31.2 Å². The lowest BCUT2D eigenvalue weighted by Crippen LogP contribution is -2.44. The molecule has 0 bridgehead atoms. The summed E-state index contributed by atoms with van der Waals surface area (Å²) >= 11 is 6.01. The quantitative estimate of drug-likeness (QED) is 0.728. The van der Waals surface area contributed by atoms with Crippen LogP contribution in [0.3, 0.4) is 0 Å². The predicted octanol–water partition coefficient (Wildman–Crippen LogP) is 2.67. The average molecular weight is 415 g/mol. The third-order valence-corrected chi connectivity index (χ3v) is 4.77. The maximum atomic E-state index is 12.9. The second-order valence-corrected chi connectivity index (χ2v) is 7.79. The third-order valence-electron chi connectivity index (χ3n) is 4.54. The number of amides is 3. The summed E-state index contributed by atoms with van der Waals surface area (Å²) in [5, 5.41) is 0.520. The lowest BCUT2D eigenvalue weighted by Gasteiger charge is -2.26. The van der Waals surface area contributed by atoms with Crippen LogP contribution in [0.5, 0.6) is 0 Å². The van der Waals surface area contributed by atoms with Gasteiger partial charge in [0, 0.05) is 35.2 Å². The maximum absolute atomic E-state index is 12.9. The number of pyridine rings is 1. The fraction of sp³-hybridized carbons (Fsp3) is 0.333. The Morgan fingerprint density at radius 1 is 1.21 bits per heavy atom. The molecular weight excluding hydrogens is 392 g/mol. The van der Waals surface area contributed by atoms with Crippen LogP contribution in [0.4, 0.5) is 5.69 Å². The zero-order valence-corrected chi connectivity index (χ0v) is 17.2. The first-order valence-corrected chi connectivity index (χ1v) is 9.76. The standard InChI is InChI=1S/C21H23ClN4O3/c1-15(2)11-24(21(29)16-6-8-23-9-7-16)12-19(27)25-13-20(28)26(14-25)18-5-3-4-17(22)10-18/h3-10,15H,11-14H2,1-2H3. The summed E-state index contributed by atoms with van der Waals surface area (Å²) in [5.74, 6) is -0.495. The van der Waals surface area contributed by atoms with Gasteiger partial charge in [-0.05, 0) is 36.2 Å². The Hall–Kier alpha value is -2.93. The Labute approximate surface area is 174 Å². The first-order chi connectivity index (χ1) is 13.8. The number of rotatable bonds is 6. The van der Waals surface area contributed by atoms with Crippen LogP contribution in [0.2, 0.25) is 5.02 Å². The molecule has 3 rings (SSSR count). The van der Waals surface area contributed by atoms with Crippen molar-refractivity contribution in [3.8, 4) is 0 Å². The number of anilines is 1. The van der Waals surface area contributed by atoms with Gasteiger partial charge >= 0.3 is 0 Å². The van der Waals surface area contributed by atoms with Crippen molar-refractivity contribution < 1.29 is 14.4 Å². The molecule has 1 aromatic carbocycles. The summed E-state index contributed by atoms with van der Waals surface area (Å²) in [4.78, 5) is 46.6. The lowest BCUT2D eigenvalue weighted by atomic mass is 10.1. The van der Waals surface area contributed by atoms with E-state index in [0.717, 1.165) is 0 Å². The fourth-order valence-electron chi connectivity index (χ4n) is 3.19. The van der Waals surface area contributed by atoms with Crippen molar-refractivity contribution in [3.63, 3.8) is 0 Å². The molecule has 3 amide bonds. The summed E-state index contributed by atoms with van der Waals surface area (Å²) < 4.78 is 0. The topological polar surface area (TPSA) is 73.8 Å². The highest BCUT2D eigenvalue weighted by Crippen LogP contribution is 2.23. The van der Waals surface area contributed by atoms with Gasteiger partial charge in [-0.3, -0.25) is 24.3 Å². The molecule has 0 unspecified atom stereocenters. The van der Waals surface area contributed by atoms with Crippen molar-refractivity contribution in [1.29, 1.82) is 0 Å². The van der Waals surface area contributed by atoms with E-state index in [0.29, 0.717) is 22.8 Å². The van der Waals surface area contributed by atoms with Gasteiger partial charge in [0.15, 0.2) is 0 Å². The minimum absolute atomic E-state index is 0.0235. The SMILES string of the molecule is CC(C)CN(CC(=O)N1CC(=O)N(c2cccc(Cl)c2)C1)C(=O)c1ccncc1. The molecule has 0 radical (unpaired) electrons. The van der Waals surface area contributed by atoms with Gasteiger partial charge in [-0.25, -0.2) is 0 Å². The number of carbonyl (C=O) groups excluding carboxylic acids is 3. The molecule has 2 heterocycles. The Balaban J connectivity index is 1.71. The van der Waals surface area contributed by atoms with E-state index in [1.165, 1.54) is 14.7 Å². The summed E-state index contributed by atoms with van der Waals surface area (Å²) in [6, 6.07) is 10.2. The summed E-state index contributed by atoms with van der Waals surface area (Å²) in [6.07, 6.45) is 3.09. The molecule has 1 aliphatic heterocycles. The van der Waals surface area contributed by atoms with E-state index in [-0.39, 0.29) is 43.4 Å². The van der Waals surface area contributed by atoms with Gasteiger partial charge in [0.05, 0.1) is 0 Å². The largest absolute Gasteiger partial charge is 0.329 e. The molecule has 0 spiro atoms. The van der Waals surface area contributed by atoms with Gasteiger partial charge in [0.2, 0.25) is 11.8 Å². The van der Waals surface area contributed by atoms with Crippen LogP contribution in [0.1, 0.15) is 24.2 Å². The molecule has 8 heteroatoms. The van der Waals surface area contributed by atoms with Gasteiger partial charge in [0.1, 0.15) is 19.8 Å². The first-order valence-electron chi connectivity index (χ1n) is 9.38. The van der Waals surface area contributed by atoms with Crippen molar-refractivity contribution in [2.24, 2.45) is 5.92 Å². The third kappa shape index (κ3) is 5.12. The smallest absolute Gasteiger partial charge is 0.254 e. The molecule has 7 nitrogen and oxygen atoms in total. The molecule has 29 heavy (non-hydrogen) atoms. The molecule has 2 aromatic rings. The van der Waals surface area contributed by atoms with Crippen LogP contribution in [0, 0.1) is 5.92 Å². The highest BCUT2D eigenvalue weighted by molar-refractivity contribution is 6.31. The molecule has 1 fully saturated rings. The predicted molar refractivity (Wildman–Crippen MR) is 110 cm³/mol. The van der Waals surface area contributed by atoms with E-state index in [1.807, 2.05) is 13.8 Å². The van der Waals surface area contributed by atoms with Crippen LogP contribution in [-0.4, -0.2) is 58.8 Å². The van der Waals surface area contributed by atoms with Crippen molar-refractivity contribution in [3.05, 3.63) is 59.4 Å². The van der Waals surface area contributed by atoms with E-state index in [2.05, 4.69) is 4.98 Å². The molecule has 0 atom stereocenters. The van der Waals surface area contributed by atoms with Crippen molar-refractivity contribution in [2.45, 2.75) is 13.8 Å². The number of aromatic nitrogens is 1. The van der Waals surface area contributed by atoms with Crippen LogP contribution >= 0.6 is 11.6 Å². The van der Waals surface area contributed by atoms with Gasteiger partial charge in [-0.2, -0.15) is 0 Å². The number of hydrogen-bond acceptors (Lipinski definition) is 4. The van der Waals surface area contributed by atoms with Gasteiger partial charge in [-0.15, -0.1) is 0 Å². The molecule has 1 saturated heterocycles. The number of benzene rings is 1. The van der Waals surface area contributed by atoms with Crippen LogP contribution in [-0.2, 0) is 9.59 Å². The number of halogens is 1. The second kappa shape index (κ2) is 9.05. The zero-order chi connectivity index (χ0) is 21.0. The van der Waals surface area contributed by atoms with Gasteiger partial charge in [0.25, 0.3) is 5.91 Å². The number of carbonyl (C=O) groups is 3. The molecule has 0 aliphatic carbocycles.